The number of imide groups is 1. The fraction of sp³-hybridized carbons (Fsp3) is 0.100. The van der Waals surface area contributed by atoms with Crippen LogP contribution in [0.5, 0.6) is 5.75 Å². The number of hydrogen-bond acceptors (Lipinski definition) is 4. The Labute approximate surface area is 218 Å². The summed E-state index contributed by atoms with van der Waals surface area (Å²) in [6.07, 6.45) is 1.56. The highest BCUT2D eigenvalue weighted by Gasteiger charge is 2.35. The number of amides is 4. The summed E-state index contributed by atoms with van der Waals surface area (Å²) in [7, 11) is 0. The van der Waals surface area contributed by atoms with E-state index < -0.39 is 24.4 Å². The molecule has 5 rings (SSSR count). The Morgan fingerprint density at radius 1 is 0.974 bits per heavy atom. The van der Waals surface area contributed by atoms with Crippen molar-refractivity contribution in [3.8, 4) is 5.75 Å². The van der Waals surface area contributed by atoms with Gasteiger partial charge in [0.25, 0.3) is 5.91 Å². The van der Waals surface area contributed by atoms with Crippen LogP contribution in [0, 0.1) is 12.7 Å². The second-order valence-corrected chi connectivity index (χ2v) is 8.91. The average Bonchev–Trinajstić information content (AvgIpc) is 3.17. The van der Waals surface area contributed by atoms with Crippen molar-refractivity contribution >= 4 is 40.4 Å². The van der Waals surface area contributed by atoms with E-state index in [1.807, 2.05) is 49.4 Å². The van der Waals surface area contributed by atoms with Crippen molar-refractivity contribution in [2.75, 3.05) is 11.9 Å². The van der Waals surface area contributed by atoms with Crippen LogP contribution in [-0.4, -0.2) is 29.3 Å². The standard InChI is InChI=1S/C30H24FN3O4/c1-19-6-13-23(14-7-19)32-28(35)17-34-29(36)26(33-30(34)37)16-25-24-5-3-2-4-21(24)10-15-27(25)38-18-20-8-11-22(31)12-9-20/h2-16H,17-18H2,1H3,(H,32,35)(H,33,37). The Morgan fingerprint density at radius 2 is 1.71 bits per heavy atom. The van der Waals surface area contributed by atoms with Gasteiger partial charge in [0.2, 0.25) is 5.91 Å². The number of ether oxygens (including phenoxy) is 1. The van der Waals surface area contributed by atoms with Crippen LogP contribution in [0.15, 0.2) is 90.6 Å². The third-order valence-corrected chi connectivity index (χ3v) is 6.13. The zero-order chi connectivity index (χ0) is 26.6. The number of nitrogens with zero attached hydrogens (tertiary/aromatic N) is 1. The van der Waals surface area contributed by atoms with Crippen LogP contribution in [0.2, 0.25) is 0 Å². The van der Waals surface area contributed by atoms with Crippen molar-refractivity contribution in [3.05, 3.63) is 113 Å². The highest BCUT2D eigenvalue weighted by atomic mass is 19.1. The number of nitrogens with one attached hydrogen (secondary N) is 2. The van der Waals surface area contributed by atoms with E-state index >= 15 is 0 Å². The van der Waals surface area contributed by atoms with E-state index in [1.54, 1.807) is 36.4 Å². The summed E-state index contributed by atoms with van der Waals surface area (Å²) in [5.74, 6) is -0.964. The summed E-state index contributed by atoms with van der Waals surface area (Å²) in [4.78, 5) is 39.1. The molecule has 1 saturated heterocycles. The summed E-state index contributed by atoms with van der Waals surface area (Å²) in [6.45, 7) is 1.68. The normalized spacial score (nSPS) is 14.2. The van der Waals surface area contributed by atoms with Gasteiger partial charge in [0, 0.05) is 11.3 Å². The molecule has 0 spiro atoms. The maximum absolute atomic E-state index is 13.3. The number of halogens is 1. The van der Waals surface area contributed by atoms with Crippen molar-refractivity contribution in [2.24, 2.45) is 0 Å². The van der Waals surface area contributed by atoms with E-state index in [-0.39, 0.29) is 18.1 Å². The summed E-state index contributed by atoms with van der Waals surface area (Å²) in [6, 6.07) is 23.8. The smallest absolute Gasteiger partial charge is 0.329 e. The first kappa shape index (κ1) is 24.7. The van der Waals surface area contributed by atoms with Gasteiger partial charge in [-0.2, -0.15) is 0 Å². The number of aryl methyl sites for hydroxylation is 1. The van der Waals surface area contributed by atoms with E-state index in [9.17, 15) is 18.8 Å². The molecule has 8 heteroatoms. The SMILES string of the molecule is Cc1ccc(NC(=O)CN2C(=O)NC(=Cc3c(OCc4ccc(F)cc4)ccc4ccccc34)C2=O)cc1. The minimum Gasteiger partial charge on any atom is -0.488 e. The van der Waals surface area contributed by atoms with Gasteiger partial charge in [-0.1, -0.05) is 60.2 Å². The number of urea groups is 1. The van der Waals surface area contributed by atoms with Crippen molar-refractivity contribution in [2.45, 2.75) is 13.5 Å². The van der Waals surface area contributed by atoms with Gasteiger partial charge in [-0.25, -0.2) is 14.1 Å². The molecule has 0 aliphatic carbocycles. The third-order valence-electron chi connectivity index (χ3n) is 6.13. The van der Waals surface area contributed by atoms with Crippen LogP contribution in [0.4, 0.5) is 14.9 Å². The Kier molecular flexibility index (Phi) is 6.86. The van der Waals surface area contributed by atoms with Gasteiger partial charge >= 0.3 is 6.03 Å². The molecule has 2 N–H and O–H groups in total. The topological polar surface area (TPSA) is 87.7 Å². The first-order valence-electron chi connectivity index (χ1n) is 12.0. The van der Waals surface area contributed by atoms with Crippen LogP contribution in [0.1, 0.15) is 16.7 Å². The average molecular weight is 510 g/mol. The Hall–Kier alpha value is -4.98. The molecule has 7 nitrogen and oxygen atoms in total. The molecule has 1 aliphatic heterocycles. The van der Waals surface area contributed by atoms with Crippen LogP contribution in [0.3, 0.4) is 0 Å². The molecule has 0 bridgehead atoms. The largest absolute Gasteiger partial charge is 0.488 e. The lowest BCUT2D eigenvalue weighted by atomic mass is 10.0. The number of carbonyl (C=O) groups excluding carboxylic acids is 3. The monoisotopic (exact) mass is 509 g/mol. The summed E-state index contributed by atoms with van der Waals surface area (Å²) in [5, 5.41) is 7.00. The first-order valence-corrected chi connectivity index (χ1v) is 12.0. The second kappa shape index (κ2) is 10.6. The number of fused-ring (bicyclic) bond motifs is 1. The van der Waals surface area contributed by atoms with E-state index in [2.05, 4.69) is 10.6 Å². The Bertz CT molecular complexity index is 1560. The fourth-order valence-electron chi connectivity index (χ4n) is 4.13. The minimum absolute atomic E-state index is 0.0288. The van der Waals surface area contributed by atoms with Crippen molar-refractivity contribution in [1.82, 2.24) is 10.2 Å². The van der Waals surface area contributed by atoms with E-state index in [1.165, 1.54) is 12.1 Å². The van der Waals surface area contributed by atoms with Gasteiger partial charge in [0.1, 0.15) is 30.4 Å². The zero-order valence-corrected chi connectivity index (χ0v) is 20.5. The Morgan fingerprint density at radius 3 is 2.47 bits per heavy atom. The van der Waals surface area contributed by atoms with Crippen molar-refractivity contribution in [3.63, 3.8) is 0 Å². The lowest BCUT2D eigenvalue weighted by Gasteiger charge is -2.13. The van der Waals surface area contributed by atoms with E-state index in [0.29, 0.717) is 17.0 Å². The fourth-order valence-corrected chi connectivity index (χ4v) is 4.13. The molecular weight excluding hydrogens is 485 g/mol. The highest BCUT2D eigenvalue weighted by molar-refractivity contribution is 6.16. The maximum Gasteiger partial charge on any atom is 0.329 e. The third kappa shape index (κ3) is 5.39. The zero-order valence-electron chi connectivity index (χ0n) is 20.5. The van der Waals surface area contributed by atoms with Crippen LogP contribution in [-0.2, 0) is 16.2 Å². The molecule has 4 amide bonds. The number of rotatable bonds is 7. The molecule has 0 radical (unpaired) electrons. The van der Waals surface area contributed by atoms with Crippen LogP contribution < -0.4 is 15.4 Å². The second-order valence-electron chi connectivity index (χ2n) is 8.91. The van der Waals surface area contributed by atoms with Crippen LogP contribution >= 0.6 is 0 Å². The molecule has 1 fully saturated rings. The van der Waals surface area contributed by atoms with Gasteiger partial charge in [-0.3, -0.25) is 9.59 Å². The summed E-state index contributed by atoms with van der Waals surface area (Å²) >= 11 is 0. The highest BCUT2D eigenvalue weighted by Crippen LogP contribution is 2.31. The molecular formula is C30H24FN3O4. The predicted molar refractivity (Wildman–Crippen MR) is 143 cm³/mol. The van der Waals surface area contributed by atoms with Gasteiger partial charge < -0.3 is 15.4 Å². The molecule has 4 aromatic carbocycles. The van der Waals surface area contributed by atoms with Gasteiger partial charge in [-0.05, 0) is 59.7 Å². The molecule has 0 aromatic heterocycles. The molecule has 38 heavy (non-hydrogen) atoms. The number of carbonyl (C=O) groups is 3. The van der Waals surface area contributed by atoms with E-state index in [4.69, 9.17) is 4.74 Å². The first-order chi connectivity index (χ1) is 18.4. The number of hydrogen-bond donors (Lipinski definition) is 2. The van der Waals surface area contributed by atoms with Gasteiger partial charge in [-0.15, -0.1) is 0 Å². The van der Waals surface area contributed by atoms with E-state index in [0.717, 1.165) is 26.8 Å². The maximum atomic E-state index is 13.3. The predicted octanol–water partition coefficient (Wildman–Crippen LogP) is 5.40. The lowest BCUT2D eigenvalue weighted by Crippen LogP contribution is -2.38. The number of benzene rings is 4. The molecule has 190 valence electrons. The Balaban J connectivity index is 1.39. The molecule has 1 heterocycles. The van der Waals surface area contributed by atoms with Gasteiger partial charge in [0.15, 0.2) is 0 Å². The molecule has 0 atom stereocenters. The summed E-state index contributed by atoms with van der Waals surface area (Å²) < 4.78 is 19.3. The summed E-state index contributed by atoms with van der Waals surface area (Å²) in [5.41, 5.74) is 3.01. The molecule has 4 aromatic rings. The minimum atomic E-state index is -0.686. The quantitative estimate of drug-likeness (QED) is 0.258. The lowest BCUT2D eigenvalue weighted by molar-refractivity contribution is -0.127. The molecule has 0 saturated carbocycles. The number of anilines is 1. The molecule has 0 unspecified atom stereocenters. The molecule has 1 aliphatic rings. The van der Waals surface area contributed by atoms with Crippen molar-refractivity contribution < 1.29 is 23.5 Å². The van der Waals surface area contributed by atoms with Gasteiger partial charge in [0.05, 0.1) is 0 Å². The van der Waals surface area contributed by atoms with Crippen LogP contribution in [0.25, 0.3) is 16.8 Å². The van der Waals surface area contributed by atoms with Crippen molar-refractivity contribution in [1.29, 1.82) is 0 Å².